The van der Waals surface area contributed by atoms with E-state index in [1.165, 1.54) is 5.57 Å². The van der Waals surface area contributed by atoms with Gasteiger partial charge in [0.15, 0.2) is 0 Å². The summed E-state index contributed by atoms with van der Waals surface area (Å²) in [6.07, 6.45) is 4.27. The third kappa shape index (κ3) is 2.04. The molecule has 1 nitrogen and oxygen atoms in total. The summed E-state index contributed by atoms with van der Waals surface area (Å²) in [5.74, 6) is 0. The minimum atomic E-state index is 0.210. The van der Waals surface area contributed by atoms with Gasteiger partial charge in [0.1, 0.15) is 5.16 Å². The molecule has 0 atom stereocenters. The van der Waals surface area contributed by atoms with Crippen LogP contribution in [0, 0.1) is 5.41 Å². The third-order valence-corrected chi connectivity index (χ3v) is 2.49. The normalized spacial score (nSPS) is 18.9. The minimum absolute atomic E-state index is 0.210. The summed E-state index contributed by atoms with van der Waals surface area (Å²) in [7, 11) is 1.99. The van der Waals surface area contributed by atoms with Gasteiger partial charge in [0.2, 0.25) is 0 Å². The third-order valence-electron chi connectivity index (χ3n) is 2.09. The first kappa shape index (κ1) is 9.66. The van der Waals surface area contributed by atoms with Crippen molar-refractivity contribution in [2.45, 2.75) is 20.8 Å². The number of nitrogens with zero attached hydrogens (tertiary/aromatic N) is 1. The largest absolute Gasteiger partial charge is 0.362 e. The molecule has 2 heteroatoms. The van der Waals surface area contributed by atoms with Crippen molar-refractivity contribution in [1.82, 2.24) is 4.90 Å². The molecule has 1 aliphatic heterocycles. The van der Waals surface area contributed by atoms with E-state index in [-0.39, 0.29) is 5.41 Å². The Hall–Kier alpha value is -0.430. The highest BCUT2D eigenvalue weighted by atomic mass is 35.5. The molecule has 0 unspecified atom stereocenters. The molecule has 68 valence electrons. The predicted molar refractivity (Wildman–Crippen MR) is 54.1 cm³/mol. The van der Waals surface area contributed by atoms with Crippen LogP contribution in [-0.2, 0) is 0 Å². The molecule has 12 heavy (non-hydrogen) atoms. The van der Waals surface area contributed by atoms with Crippen molar-refractivity contribution in [3.8, 4) is 0 Å². The maximum absolute atomic E-state index is 6.01. The Labute approximate surface area is 79.7 Å². The second-order valence-corrected chi connectivity index (χ2v) is 4.64. The van der Waals surface area contributed by atoms with E-state index < -0.39 is 0 Å². The van der Waals surface area contributed by atoms with E-state index in [9.17, 15) is 0 Å². The summed E-state index contributed by atoms with van der Waals surface area (Å²) in [6, 6.07) is 0. The molecule has 0 aromatic carbocycles. The molecule has 0 aliphatic carbocycles. The topological polar surface area (TPSA) is 3.24 Å². The second kappa shape index (κ2) is 3.14. The van der Waals surface area contributed by atoms with Crippen molar-refractivity contribution < 1.29 is 0 Å². The smallest absolute Gasteiger partial charge is 0.105 e. The van der Waals surface area contributed by atoms with Crippen LogP contribution in [0.1, 0.15) is 20.8 Å². The number of rotatable bonds is 0. The molecule has 0 saturated heterocycles. The molecule has 0 fully saturated rings. The van der Waals surface area contributed by atoms with Crippen LogP contribution in [0.15, 0.2) is 22.9 Å². The molecule has 1 aliphatic rings. The van der Waals surface area contributed by atoms with Gasteiger partial charge in [0.25, 0.3) is 0 Å². The average molecular weight is 186 g/mol. The highest BCUT2D eigenvalue weighted by Crippen LogP contribution is 2.30. The summed E-state index contributed by atoms with van der Waals surface area (Å²) >= 11 is 6.01. The molecule has 0 aromatic rings. The fourth-order valence-electron chi connectivity index (χ4n) is 1.14. The highest BCUT2D eigenvalue weighted by molar-refractivity contribution is 6.29. The summed E-state index contributed by atoms with van der Waals surface area (Å²) < 4.78 is 0. The van der Waals surface area contributed by atoms with Crippen LogP contribution < -0.4 is 0 Å². The van der Waals surface area contributed by atoms with Gasteiger partial charge in [0, 0.05) is 13.6 Å². The first-order valence-corrected chi connectivity index (χ1v) is 4.58. The maximum Gasteiger partial charge on any atom is 0.105 e. The molecule has 0 bridgehead atoms. The Balaban J connectivity index is 2.85. The van der Waals surface area contributed by atoms with E-state index in [4.69, 9.17) is 11.6 Å². The van der Waals surface area contributed by atoms with E-state index >= 15 is 0 Å². The SMILES string of the molecule is CN1CC=C(C(C)(C)C)C=C1Cl. The summed E-state index contributed by atoms with van der Waals surface area (Å²) in [6.45, 7) is 7.52. The first-order valence-electron chi connectivity index (χ1n) is 4.20. The van der Waals surface area contributed by atoms with Crippen molar-refractivity contribution in [1.29, 1.82) is 0 Å². The fourth-order valence-corrected chi connectivity index (χ4v) is 1.33. The summed E-state index contributed by atoms with van der Waals surface area (Å²) in [5, 5.41) is 0.836. The van der Waals surface area contributed by atoms with Gasteiger partial charge in [-0.3, -0.25) is 0 Å². The number of allylic oxidation sites excluding steroid dienone is 2. The van der Waals surface area contributed by atoms with Crippen molar-refractivity contribution in [2.24, 2.45) is 5.41 Å². The van der Waals surface area contributed by atoms with Crippen LogP contribution in [0.2, 0.25) is 0 Å². The van der Waals surface area contributed by atoms with E-state index in [2.05, 4.69) is 26.8 Å². The summed E-state index contributed by atoms with van der Waals surface area (Å²) in [4.78, 5) is 2.02. The molecule has 0 radical (unpaired) electrons. The monoisotopic (exact) mass is 185 g/mol. The summed E-state index contributed by atoms with van der Waals surface area (Å²) in [5.41, 5.74) is 1.53. The van der Waals surface area contributed by atoms with Gasteiger partial charge in [0.05, 0.1) is 0 Å². The van der Waals surface area contributed by atoms with Gasteiger partial charge in [-0.2, -0.15) is 0 Å². The van der Waals surface area contributed by atoms with Gasteiger partial charge in [-0.05, 0) is 17.1 Å². The Morgan fingerprint density at radius 3 is 2.42 bits per heavy atom. The second-order valence-electron chi connectivity index (χ2n) is 4.26. The predicted octanol–water partition coefficient (Wildman–Crippen LogP) is 2.98. The average Bonchev–Trinajstić information content (AvgIpc) is 1.92. The highest BCUT2D eigenvalue weighted by Gasteiger charge is 2.18. The lowest BCUT2D eigenvalue weighted by Crippen LogP contribution is -2.21. The lowest BCUT2D eigenvalue weighted by atomic mass is 9.85. The number of hydrogen-bond donors (Lipinski definition) is 0. The lowest BCUT2D eigenvalue weighted by Gasteiger charge is -2.28. The zero-order chi connectivity index (χ0) is 9.35. The zero-order valence-corrected chi connectivity index (χ0v) is 8.94. The van der Waals surface area contributed by atoms with Gasteiger partial charge < -0.3 is 4.90 Å². The molecule has 1 rings (SSSR count). The van der Waals surface area contributed by atoms with E-state index in [1.54, 1.807) is 0 Å². The van der Waals surface area contributed by atoms with Gasteiger partial charge in [-0.25, -0.2) is 0 Å². The molecule has 0 aromatic heterocycles. The standard InChI is InChI=1S/C10H16ClN/c1-10(2,3)8-5-6-12(4)9(11)7-8/h5,7H,6H2,1-4H3. The fraction of sp³-hybridized carbons (Fsp3) is 0.600. The van der Waals surface area contributed by atoms with Crippen LogP contribution >= 0.6 is 11.6 Å². The van der Waals surface area contributed by atoms with Crippen LogP contribution in [-0.4, -0.2) is 18.5 Å². The molecule has 1 heterocycles. The van der Waals surface area contributed by atoms with Crippen molar-refractivity contribution >= 4 is 11.6 Å². The zero-order valence-electron chi connectivity index (χ0n) is 8.19. The Morgan fingerprint density at radius 1 is 1.42 bits per heavy atom. The van der Waals surface area contributed by atoms with Crippen LogP contribution in [0.3, 0.4) is 0 Å². The Morgan fingerprint density at radius 2 is 2.00 bits per heavy atom. The van der Waals surface area contributed by atoms with Crippen molar-refractivity contribution in [3.63, 3.8) is 0 Å². The molecule has 0 spiro atoms. The Bertz CT molecular complexity index is 233. The number of halogens is 1. The molecule has 0 N–H and O–H groups in total. The number of hydrogen-bond acceptors (Lipinski definition) is 1. The minimum Gasteiger partial charge on any atom is -0.362 e. The van der Waals surface area contributed by atoms with E-state index in [0.717, 1.165) is 11.7 Å². The van der Waals surface area contributed by atoms with Crippen molar-refractivity contribution in [2.75, 3.05) is 13.6 Å². The van der Waals surface area contributed by atoms with E-state index in [1.807, 2.05) is 18.0 Å². The molecular weight excluding hydrogens is 170 g/mol. The molecule has 0 amide bonds. The van der Waals surface area contributed by atoms with Crippen molar-refractivity contribution in [3.05, 3.63) is 22.9 Å². The first-order chi connectivity index (χ1) is 5.41. The Kier molecular flexibility index (Phi) is 2.52. The quantitative estimate of drug-likeness (QED) is 0.525. The molecular formula is C10H16ClN. The van der Waals surface area contributed by atoms with Crippen LogP contribution in [0.4, 0.5) is 0 Å². The lowest BCUT2D eigenvalue weighted by molar-refractivity contribution is 0.456. The van der Waals surface area contributed by atoms with E-state index in [0.29, 0.717) is 0 Å². The molecule has 0 saturated carbocycles. The van der Waals surface area contributed by atoms with Crippen LogP contribution in [0.5, 0.6) is 0 Å². The number of likely N-dealkylation sites (N-methyl/N-ethyl adjacent to an activating group) is 1. The van der Waals surface area contributed by atoms with Crippen LogP contribution in [0.25, 0.3) is 0 Å². The maximum atomic E-state index is 6.01. The van der Waals surface area contributed by atoms with Gasteiger partial charge in [-0.15, -0.1) is 0 Å². The van der Waals surface area contributed by atoms with Gasteiger partial charge >= 0.3 is 0 Å². The van der Waals surface area contributed by atoms with Gasteiger partial charge in [-0.1, -0.05) is 38.4 Å².